The van der Waals surface area contributed by atoms with Crippen LogP contribution >= 0.6 is 0 Å². The Bertz CT molecular complexity index is 1260. The molecular formula is C29H27NO4. The maximum atomic E-state index is 13.3. The zero-order chi connectivity index (χ0) is 23.7. The summed E-state index contributed by atoms with van der Waals surface area (Å²) in [5.41, 5.74) is 4.89. The van der Waals surface area contributed by atoms with Crippen LogP contribution in [0.2, 0.25) is 0 Å². The smallest absolute Gasteiger partial charge is 0.295 e. The second-order valence-corrected chi connectivity index (χ2v) is 8.88. The van der Waals surface area contributed by atoms with E-state index in [1.54, 1.807) is 12.0 Å². The molecule has 0 bridgehead atoms. The molecule has 1 unspecified atom stereocenters. The van der Waals surface area contributed by atoms with E-state index in [1.807, 2.05) is 72.8 Å². The second kappa shape index (κ2) is 9.18. The Hall–Kier alpha value is -3.86. The Morgan fingerprint density at radius 1 is 0.941 bits per heavy atom. The van der Waals surface area contributed by atoms with Crippen molar-refractivity contribution in [1.82, 2.24) is 4.90 Å². The number of benzene rings is 3. The van der Waals surface area contributed by atoms with E-state index in [9.17, 15) is 14.7 Å². The molecule has 1 atom stereocenters. The minimum atomic E-state index is -0.667. The standard InChI is InChI=1S/C29H27NO4/c1-34-24-15-11-19(12-16-24)18-30-26(21-8-3-2-4-9-21)25(28(32)29(30)33)27(31)23-14-13-20-7-5-6-10-22(20)17-23/h2-4,8-9,11-17,26,31H,5-7,10,18H2,1H3/b27-25-. The fraction of sp³-hybridized carbons (Fsp3) is 0.241. The number of nitrogens with zero attached hydrogens (tertiary/aromatic N) is 1. The lowest BCUT2D eigenvalue weighted by Crippen LogP contribution is -2.29. The number of carbonyl (C=O) groups is 2. The van der Waals surface area contributed by atoms with Crippen molar-refractivity contribution in [3.63, 3.8) is 0 Å². The third-order valence-corrected chi connectivity index (χ3v) is 6.79. The summed E-state index contributed by atoms with van der Waals surface area (Å²) < 4.78 is 5.23. The van der Waals surface area contributed by atoms with Crippen LogP contribution in [0.4, 0.5) is 0 Å². The Labute approximate surface area is 199 Å². The molecule has 5 rings (SSSR count). The Kier molecular flexibility index (Phi) is 5.93. The number of ketones is 1. The predicted octanol–water partition coefficient (Wildman–Crippen LogP) is 5.20. The highest BCUT2D eigenvalue weighted by molar-refractivity contribution is 6.46. The Morgan fingerprint density at radius 3 is 2.35 bits per heavy atom. The zero-order valence-electron chi connectivity index (χ0n) is 19.2. The van der Waals surface area contributed by atoms with Crippen molar-refractivity contribution in [2.24, 2.45) is 0 Å². The number of hydrogen-bond donors (Lipinski definition) is 1. The first-order valence-corrected chi connectivity index (χ1v) is 11.7. The molecule has 0 aromatic heterocycles. The number of hydrogen-bond acceptors (Lipinski definition) is 4. The van der Waals surface area contributed by atoms with Crippen LogP contribution in [0, 0.1) is 0 Å². The first-order valence-electron chi connectivity index (χ1n) is 11.7. The third kappa shape index (κ3) is 3.98. The van der Waals surface area contributed by atoms with Gasteiger partial charge in [0.25, 0.3) is 11.7 Å². The maximum Gasteiger partial charge on any atom is 0.295 e. The molecule has 0 radical (unpaired) electrons. The molecule has 34 heavy (non-hydrogen) atoms. The predicted molar refractivity (Wildman–Crippen MR) is 130 cm³/mol. The SMILES string of the molecule is COc1ccc(CN2C(=O)C(=O)/C(=C(\O)c3ccc4c(c3)CCCC4)C2c2ccccc2)cc1. The van der Waals surface area contributed by atoms with Crippen LogP contribution in [0.1, 0.15) is 46.7 Å². The molecule has 1 saturated heterocycles. The van der Waals surface area contributed by atoms with Crippen molar-refractivity contribution in [3.8, 4) is 5.75 Å². The van der Waals surface area contributed by atoms with Gasteiger partial charge in [0.1, 0.15) is 11.5 Å². The van der Waals surface area contributed by atoms with Gasteiger partial charge in [-0.3, -0.25) is 9.59 Å². The number of methoxy groups -OCH3 is 1. The van der Waals surface area contributed by atoms with E-state index in [0.717, 1.165) is 36.1 Å². The molecule has 0 saturated carbocycles. The highest BCUT2D eigenvalue weighted by Crippen LogP contribution is 2.40. The van der Waals surface area contributed by atoms with Gasteiger partial charge in [-0.25, -0.2) is 0 Å². The molecule has 172 valence electrons. The fourth-order valence-electron chi connectivity index (χ4n) is 4.99. The average Bonchev–Trinajstić information content (AvgIpc) is 3.14. The average molecular weight is 454 g/mol. The molecule has 5 heteroatoms. The number of ether oxygens (including phenoxy) is 1. The van der Waals surface area contributed by atoms with E-state index in [1.165, 1.54) is 17.5 Å². The van der Waals surface area contributed by atoms with Crippen molar-refractivity contribution in [2.45, 2.75) is 38.3 Å². The Morgan fingerprint density at radius 2 is 1.65 bits per heavy atom. The monoisotopic (exact) mass is 453 g/mol. The summed E-state index contributed by atoms with van der Waals surface area (Å²) in [6, 6.07) is 22.0. The summed E-state index contributed by atoms with van der Waals surface area (Å²) in [4.78, 5) is 28.0. The molecule has 3 aromatic rings. The normalized spacial score (nSPS) is 19.2. The molecule has 1 aliphatic carbocycles. The van der Waals surface area contributed by atoms with Gasteiger partial charge in [0, 0.05) is 12.1 Å². The molecule has 0 spiro atoms. The lowest BCUT2D eigenvalue weighted by Gasteiger charge is -2.25. The molecular weight excluding hydrogens is 426 g/mol. The van der Waals surface area contributed by atoms with Crippen molar-refractivity contribution in [3.05, 3.63) is 106 Å². The van der Waals surface area contributed by atoms with Gasteiger partial charge < -0.3 is 14.7 Å². The van der Waals surface area contributed by atoms with Gasteiger partial charge in [0.15, 0.2) is 0 Å². The molecule has 1 N–H and O–H groups in total. The molecule has 2 aliphatic rings. The summed E-state index contributed by atoms with van der Waals surface area (Å²) >= 11 is 0. The minimum absolute atomic E-state index is 0.113. The number of carbonyl (C=O) groups excluding carboxylic acids is 2. The van der Waals surface area contributed by atoms with E-state index in [2.05, 4.69) is 0 Å². The van der Waals surface area contributed by atoms with E-state index in [4.69, 9.17) is 4.74 Å². The van der Waals surface area contributed by atoms with Crippen molar-refractivity contribution in [2.75, 3.05) is 7.11 Å². The van der Waals surface area contributed by atoms with Gasteiger partial charge >= 0.3 is 0 Å². The van der Waals surface area contributed by atoms with Crippen LogP contribution in [-0.2, 0) is 29.0 Å². The summed E-state index contributed by atoms with van der Waals surface area (Å²) in [6.07, 6.45) is 4.29. The minimum Gasteiger partial charge on any atom is -0.507 e. The van der Waals surface area contributed by atoms with Gasteiger partial charge in [-0.15, -0.1) is 0 Å². The number of rotatable bonds is 5. The number of fused-ring (bicyclic) bond motifs is 1. The lowest BCUT2D eigenvalue weighted by atomic mass is 9.88. The molecule has 1 amide bonds. The van der Waals surface area contributed by atoms with E-state index >= 15 is 0 Å². The van der Waals surface area contributed by atoms with Crippen LogP contribution < -0.4 is 4.74 Å². The van der Waals surface area contributed by atoms with Crippen molar-refractivity contribution < 1.29 is 19.4 Å². The topological polar surface area (TPSA) is 66.8 Å². The first-order chi connectivity index (χ1) is 16.6. The van der Waals surface area contributed by atoms with Crippen LogP contribution in [0.5, 0.6) is 5.75 Å². The number of aryl methyl sites for hydroxylation is 2. The van der Waals surface area contributed by atoms with Gasteiger partial charge in [-0.05, 0) is 66.1 Å². The largest absolute Gasteiger partial charge is 0.507 e. The summed E-state index contributed by atoms with van der Waals surface area (Å²) in [5.74, 6) is -0.655. The van der Waals surface area contributed by atoms with Gasteiger partial charge in [0.2, 0.25) is 0 Å². The van der Waals surface area contributed by atoms with Crippen molar-refractivity contribution >= 4 is 17.4 Å². The fourth-order valence-corrected chi connectivity index (χ4v) is 4.99. The highest BCUT2D eigenvalue weighted by atomic mass is 16.5. The number of aliphatic hydroxyl groups excluding tert-OH is 1. The number of amides is 1. The molecule has 1 fully saturated rings. The van der Waals surface area contributed by atoms with Gasteiger partial charge in [0.05, 0.1) is 18.7 Å². The number of Topliss-reactive ketones (excluding diaryl/α,β-unsaturated/α-hetero) is 1. The lowest BCUT2D eigenvalue weighted by molar-refractivity contribution is -0.140. The first kappa shape index (κ1) is 22.0. The van der Waals surface area contributed by atoms with E-state index in [0.29, 0.717) is 5.56 Å². The van der Waals surface area contributed by atoms with Crippen molar-refractivity contribution in [1.29, 1.82) is 0 Å². The molecule has 3 aromatic carbocycles. The van der Waals surface area contributed by atoms with Crippen LogP contribution in [-0.4, -0.2) is 28.8 Å². The summed E-state index contributed by atoms with van der Waals surface area (Å²) in [5, 5.41) is 11.4. The quantitative estimate of drug-likeness (QED) is 0.328. The third-order valence-electron chi connectivity index (χ3n) is 6.79. The summed E-state index contributed by atoms with van der Waals surface area (Å²) in [6.45, 7) is 0.245. The van der Waals surface area contributed by atoms with Crippen LogP contribution in [0.3, 0.4) is 0 Å². The Balaban J connectivity index is 1.59. The zero-order valence-corrected chi connectivity index (χ0v) is 19.2. The molecule has 1 aliphatic heterocycles. The second-order valence-electron chi connectivity index (χ2n) is 8.88. The molecule has 1 heterocycles. The number of aliphatic hydroxyl groups is 1. The highest BCUT2D eigenvalue weighted by Gasteiger charge is 2.46. The van der Waals surface area contributed by atoms with E-state index in [-0.39, 0.29) is 17.9 Å². The van der Waals surface area contributed by atoms with Gasteiger partial charge in [-0.2, -0.15) is 0 Å². The van der Waals surface area contributed by atoms with E-state index < -0.39 is 17.7 Å². The maximum absolute atomic E-state index is 13.3. The van der Waals surface area contributed by atoms with Crippen LogP contribution in [0.25, 0.3) is 5.76 Å². The van der Waals surface area contributed by atoms with Crippen LogP contribution in [0.15, 0.2) is 78.4 Å². The summed E-state index contributed by atoms with van der Waals surface area (Å²) in [7, 11) is 1.60. The number of likely N-dealkylation sites (tertiary alicyclic amines) is 1. The van der Waals surface area contributed by atoms with Gasteiger partial charge in [-0.1, -0.05) is 54.6 Å². The molecule has 5 nitrogen and oxygen atoms in total.